The number of methoxy groups -OCH3 is 1. The first-order valence-corrected chi connectivity index (χ1v) is 9.11. The monoisotopic (exact) mass is 389 g/mol. The normalized spacial score (nSPS) is 18.2. The van der Waals surface area contributed by atoms with Crippen molar-refractivity contribution < 1.29 is 23.8 Å². The predicted molar refractivity (Wildman–Crippen MR) is 106 cm³/mol. The van der Waals surface area contributed by atoms with Crippen molar-refractivity contribution in [3.63, 3.8) is 0 Å². The first-order valence-electron chi connectivity index (χ1n) is 9.11. The van der Waals surface area contributed by atoms with Gasteiger partial charge in [-0.3, -0.25) is 9.59 Å². The summed E-state index contributed by atoms with van der Waals surface area (Å²) < 4.78 is 10.9. The van der Waals surface area contributed by atoms with E-state index in [1.807, 2.05) is 6.07 Å². The van der Waals surface area contributed by atoms with E-state index in [2.05, 4.69) is 0 Å². The van der Waals surface area contributed by atoms with Crippen molar-refractivity contribution in [2.45, 2.75) is 12.6 Å². The molecule has 1 atom stereocenters. The second kappa shape index (κ2) is 7.67. The summed E-state index contributed by atoms with van der Waals surface area (Å²) in [6.45, 7) is 0.0891. The molecule has 1 aliphatic rings. The van der Waals surface area contributed by atoms with Crippen molar-refractivity contribution in [2.75, 3.05) is 7.11 Å². The third kappa shape index (κ3) is 3.29. The number of likely N-dealkylation sites (tertiary alicyclic amines) is 1. The van der Waals surface area contributed by atoms with Crippen LogP contribution >= 0.6 is 0 Å². The quantitative estimate of drug-likeness (QED) is 0.407. The van der Waals surface area contributed by atoms with Gasteiger partial charge in [0.1, 0.15) is 17.3 Å². The molecule has 1 unspecified atom stereocenters. The second-order valence-corrected chi connectivity index (χ2v) is 6.61. The summed E-state index contributed by atoms with van der Waals surface area (Å²) in [5.41, 5.74) is 1.10. The molecular formula is C23H19NO5. The van der Waals surface area contributed by atoms with Crippen LogP contribution in [0.15, 0.2) is 83.0 Å². The highest BCUT2D eigenvalue weighted by Crippen LogP contribution is 2.43. The smallest absolute Gasteiger partial charge is 0.296 e. The van der Waals surface area contributed by atoms with E-state index in [0.717, 1.165) is 0 Å². The maximum absolute atomic E-state index is 13.0. The zero-order chi connectivity index (χ0) is 20.4. The van der Waals surface area contributed by atoms with Gasteiger partial charge in [0, 0.05) is 11.1 Å². The van der Waals surface area contributed by atoms with E-state index < -0.39 is 17.7 Å². The number of carbonyl (C=O) groups is 2. The van der Waals surface area contributed by atoms with E-state index >= 15 is 0 Å². The first-order chi connectivity index (χ1) is 14.1. The maximum Gasteiger partial charge on any atom is 0.296 e. The lowest BCUT2D eigenvalue weighted by atomic mass is 9.94. The molecule has 0 saturated carbocycles. The molecule has 1 saturated heterocycles. The van der Waals surface area contributed by atoms with Crippen molar-refractivity contribution in [2.24, 2.45) is 0 Å². The molecule has 4 rings (SSSR count). The van der Waals surface area contributed by atoms with E-state index in [0.29, 0.717) is 22.6 Å². The SMILES string of the molecule is COc1ccccc1C1/C(=C(\O)c2ccccc2)C(=O)C(=O)N1Cc1ccco1. The molecule has 1 N–H and O–H groups in total. The summed E-state index contributed by atoms with van der Waals surface area (Å²) in [5.74, 6) is -0.611. The number of carbonyl (C=O) groups excluding carboxylic acids is 2. The van der Waals surface area contributed by atoms with Gasteiger partial charge >= 0.3 is 0 Å². The van der Waals surface area contributed by atoms with Crippen LogP contribution in [0.4, 0.5) is 0 Å². The van der Waals surface area contributed by atoms with Crippen molar-refractivity contribution in [1.82, 2.24) is 4.90 Å². The topological polar surface area (TPSA) is 80.0 Å². The third-order valence-electron chi connectivity index (χ3n) is 4.93. The number of hydrogen-bond donors (Lipinski definition) is 1. The van der Waals surface area contributed by atoms with E-state index in [4.69, 9.17) is 9.15 Å². The van der Waals surface area contributed by atoms with E-state index in [9.17, 15) is 14.7 Å². The zero-order valence-electron chi connectivity index (χ0n) is 15.7. The Kier molecular flexibility index (Phi) is 4.91. The zero-order valence-corrected chi connectivity index (χ0v) is 15.7. The Morgan fingerprint density at radius 1 is 1.03 bits per heavy atom. The minimum atomic E-state index is -0.809. The predicted octanol–water partition coefficient (Wildman–Crippen LogP) is 3.91. The number of furan rings is 1. The van der Waals surface area contributed by atoms with Crippen LogP contribution in [0.25, 0.3) is 5.76 Å². The van der Waals surface area contributed by atoms with Gasteiger partial charge in [0.05, 0.1) is 31.5 Å². The van der Waals surface area contributed by atoms with Crippen molar-refractivity contribution in [3.05, 3.63) is 95.5 Å². The minimum absolute atomic E-state index is 0.0252. The third-order valence-corrected chi connectivity index (χ3v) is 4.93. The number of benzene rings is 2. The van der Waals surface area contributed by atoms with Gasteiger partial charge in [0.15, 0.2) is 0 Å². The Bertz CT molecular complexity index is 1070. The molecule has 6 nitrogen and oxygen atoms in total. The first kappa shape index (κ1) is 18.6. The van der Waals surface area contributed by atoms with Crippen LogP contribution in [0.3, 0.4) is 0 Å². The Morgan fingerprint density at radius 2 is 1.76 bits per heavy atom. The fourth-order valence-electron chi connectivity index (χ4n) is 3.58. The van der Waals surface area contributed by atoms with Gasteiger partial charge in [-0.2, -0.15) is 0 Å². The van der Waals surface area contributed by atoms with Crippen LogP contribution in [0.1, 0.15) is 22.9 Å². The molecule has 3 aromatic rings. The molecule has 0 spiro atoms. The lowest BCUT2D eigenvalue weighted by Crippen LogP contribution is -2.29. The summed E-state index contributed by atoms with van der Waals surface area (Å²) in [5, 5.41) is 11.0. The van der Waals surface area contributed by atoms with E-state index in [-0.39, 0.29) is 17.9 Å². The number of nitrogens with zero attached hydrogens (tertiary/aromatic N) is 1. The van der Waals surface area contributed by atoms with Crippen molar-refractivity contribution in [3.8, 4) is 5.75 Å². The highest BCUT2D eigenvalue weighted by molar-refractivity contribution is 6.46. The lowest BCUT2D eigenvalue weighted by Gasteiger charge is -2.25. The molecule has 0 bridgehead atoms. The number of rotatable bonds is 5. The number of amides is 1. The Morgan fingerprint density at radius 3 is 2.45 bits per heavy atom. The Hall–Kier alpha value is -3.80. The van der Waals surface area contributed by atoms with Crippen molar-refractivity contribution >= 4 is 17.4 Å². The van der Waals surface area contributed by atoms with Crippen LogP contribution in [0.5, 0.6) is 5.75 Å². The van der Waals surface area contributed by atoms with Gasteiger partial charge in [-0.25, -0.2) is 0 Å². The molecule has 1 aliphatic heterocycles. The van der Waals surface area contributed by atoms with Gasteiger partial charge < -0.3 is 19.2 Å². The second-order valence-electron chi connectivity index (χ2n) is 6.61. The van der Waals surface area contributed by atoms with E-state index in [1.165, 1.54) is 18.3 Å². The summed E-state index contributed by atoms with van der Waals surface area (Å²) >= 11 is 0. The molecule has 6 heteroatoms. The van der Waals surface area contributed by atoms with Crippen LogP contribution in [-0.4, -0.2) is 28.8 Å². The highest BCUT2D eigenvalue weighted by Gasteiger charge is 2.47. The fraction of sp³-hybridized carbons (Fsp3) is 0.130. The lowest BCUT2D eigenvalue weighted by molar-refractivity contribution is -0.140. The van der Waals surface area contributed by atoms with E-state index in [1.54, 1.807) is 60.7 Å². The summed E-state index contributed by atoms with van der Waals surface area (Å²) in [6.07, 6.45) is 1.51. The summed E-state index contributed by atoms with van der Waals surface area (Å²) in [6, 6.07) is 18.5. The van der Waals surface area contributed by atoms with Gasteiger partial charge in [0.25, 0.3) is 11.7 Å². The number of ether oxygens (including phenoxy) is 1. The highest BCUT2D eigenvalue weighted by atomic mass is 16.5. The number of aliphatic hydroxyl groups excluding tert-OH is 1. The average Bonchev–Trinajstić information content (AvgIpc) is 3.36. The van der Waals surface area contributed by atoms with Crippen LogP contribution < -0.4 is 4.74 Å². The number of Topliss-reactive ketones (excluding diaryl/α,β-unsaturated/α-hetero) is 1. The fourth-order valence-corrected chi connectivity index (χ4v) is 3.58. The number of ketones is 1. The largest absolute Gasteiger partial charge is 0.507 e. The molecule has 2 aromatic carbocycles. The van der Waals surface area contributed by atoms with Gasteiger partial charge in [0.2, 0.25) is 0 Å². The molecule has 1 fully saturated rings. The minimum Gasteiger partial charge on any atom is -0.507 e. The van der Waals surface area contributed by atoms with Crippen LogP contribution in [0, 0.1) is 0 Å². The summed E-state index contributed by atoms with van der Waals surface area (Å²) in [7, 11) is 1.52. The molecule has 1 amide bonds. The maximum atomic E-state index is 13.0. The molecule has 1 aromatic heterocycles. The number of para-hydroxylation sites is 1. The summed E-state index contributed by atoms with van der Waals surface area (Å²) in [4.78, 5) is 27.3. The van der Waals surface area contributed by atoms with Crippen LogP contribution in [-0.2, 0) is 16.1 Å². The standard InChI is InChI=1S/C23H19NO5/c1-28-18-12-6-5-11-17(18)20-19(21(25)15-8-3-2-4-9-15)22(26)23(27)24(20)14-16-10-7-13-29-16/h2-13,20,25H,14H2,1H3/b21-19+. The van der Waals surface area contributed by atoms with Gasteiger partial charge in [-0.1, -0.05) is 48.5 Å². The van der Waals surface area contributed by atoms with Gasteiger partial charge in [-0.15, -0.1) is 0 Å². The average molecular weight is 389 g/mol. The molecule has 0 aliphatic carbocycles. The number of aliphatic hydroxyl groups is 1. The number of hydrogen-bond acceptors (Lipinski definition) is 5. The molecule has 146 valence electrons. The molecular weight excluding hydrogens is 370 g/mol. The Balaban J connectivity index is 1.91. The van der Waals surface area contributed by atoms with Crippen molar-refractivity contribution in [1.29, 1.82) is 0 Å². The van der Waals surface area contributed by atoms with Gasteiger partial charge in [-0.05, 0) is 18.2 Å². The molecule has 29 heavy (non-hydrogen) atoms. The molecule has 0 radical (unpaired) electrons. The van der Waals surface area contributed by atoms with Crippen LogP contribution in [0.2, 0.25) is 0 Å². The molecule has 2 heterocycles. The Labute approximate surface area is 167 Å².